The summed E-state index contributed by atoms with van der Waals surface area (Å²) >= 11 is 1.49. The number of hydrogen-bond acceptors (Lipinski definition) is 5. The minimum atomic E-state index is -3.67. The Balaban J connectivity index is 1.57. The van der Waals surface area contributed by atoms with Gasteiger partial charge in [0.15, 0.2) is 0 Å². The second kappa shape index (κ2) is 10.1. The molecule has 6 nitrogen and oxygen atoms in total. The zero-order chi connectivity index (χ0) is 21.6. The predicted octanol–water partition coefficient (Wildman–Crippen LogP) is 4.29. The first kappa shape index (κ1) is 22.4. The molecular weight excluding hydrogens is 418 g/mol. The maximum Gasteiger partial charge on any atom is 0.262 e. The van der Waals surface area contributed by atoms with Crippen LogP contribution in [0.3, 0.4) is 0 Å². The highest BCUT2D eigenvalue weighted by molar-refractivity contribution is 8.00. The SMILES string of the molecule is Cc1ccc(C)c(SCC(=O)Nc2ccc(S(=O)(=O)NC3=NCCCCC3)cc2)c1. The van der Waals surface area contributed by atoms with E-state index < -0.39 is 10.0 Å². The third-order valence-electron chi connectivity index (χ3n) is 4.78. The van der Waals surface area contributed by atoms with E-state index in [-0.39, 0.29) is 16.6 Å². The molecule has 0 saturated heterocycles. The zero-order valence-corrected chi connectivity index (χ0v) is 18.9. The van der Waals surface area contributed by atoms with E-state index in [1.165, 1.54) is 23.9 Å². The fourth-order valence-electron chi connectivity index (χ4n) is 3.09. The molecule has 0 aromatic heterocycles. The summed E-state index contributed by atoms with van der Waals surface area (Å²) in [5.41, 5.74) is 2.86. The number of carbonyl (C=O) groups is 1. The minimum absolute atomic E-state index is 0.137. The van der Waals surface area contributed by atoms with Gasteiger partial charge in [0, 0.05) is 23.5 Å². The number of thioether (sulfide) groups is 1. The molecule has 2 aromatic rings. The van der Waals surface area contributed by atoms with Gasteiger partial charge in [-0.3, -0.25) is 14.5 Å². The van der Waals surface area contributed by atoms with Crippen molar-refractivity contribution in [1.82, 2.24) is 4.72 Å². The van der Waals surface area contributed by atoms with Crippen LogP contribution in [0.25, 0.3) is 0 Å². The molecule has 0 bridgehead atoms. The lowest BCUT2D eigenvalue weighted by atomic mass is 10.2. The van der Waals surface area contributed by atoms with Crippen LogP contribution in [0, 0.1) is 13.8 Å². The number of carbonyl (C=O) groups excluding carboxylic acids is 1. The number of anilines is 1. The largest absolute Gasteiger partial charge is 0.325 e. The van der Waals surface area contributed by atoms with Gasteiger partial charge in [0.25, 0.3) is 10.0 Å². The summed E-state index contributed by atoms with van der Waals surface area (Å²) in [6, 6.07) is 12.3. The topological polar surface area (TPSA) is 87.6 Å². The maximum atomic E-state index is 12.6. The average Bonchev–Trinajstić information content (AvgIpc) is 2.97. The molecule has 1 aliphatic heterocycles. The second-order valence-electron chi connectivity index (χ2n) is 7.37. The van der Waals surface area contributed by atoms with Crippen molar-refractivity contribution >= 4 is 39.2 Å². The molecule has 0 spiro atoms. The van der Waals surface area contributed by atoms with Crippen LogP contribution in [-0.4, -0.2) is 32.5 Å². The first-order chi connectivity index (χ1) is 14.3. The van der Waals surface area contributed by atoms with Crippen LogP contribution < -0.4 is 10.0 Å². The summed E-state index contributed by atoms with van der Waals surface area (Å²) in [7, 11) is -3.67. The van der Waals surface area contributed by atoms with Crippen LogP contribution >= 0.6 is 11.8 Å². The number of nitrogens with one attached hydrogen (secondary N) is 2. The monoisotopic (exact) mass is 445 g/mol. The van der Waals surface area contributed by atoms with Crippen LogP contribution in [0.2, 0.25) is 0 Å². The number of benzene rings is 2. The van der Waals surface area contributed by atoms with E-state index in [0.29, 0.717) is 24.5 Å². The quantitative estimate of drug-likeness (QED) is 0.650. The Bertz CT molecular complexity index is 1030. The molecule has 0 unspecified atom stereocenters. The number of aliphatic imine (C=N–C) groups is 1. The summed E-state index contributed by atoms with van der Waals surface area (Å²) in [5.74, 6) is 0.668. The van der Waals surface area contributed by atoms with Crippen LogP contribution in [-0.2, 0) is 14.8 Å². The number of rotatable bonds is 6. The molecule has 0 fully saturated rings. The first-order valence-corrected chi connectivity index (χ1v) is 12.5. The average molecular weight is 446 g/mol. The van der Waals surface area contributed by atoms with Gasteiger partial charge >= 0.3 is 0 Å². The summed E-state index contributed by atoms with van der Waals surface area (Å²) in [6.07, 6.45) is 3.63. The number of sulfonamides is 1. The number of hydrogen-bond donors (Lipinski definition) is 2. The molecule has 8 heteroatoms. The lowest BCUT2D eigenvalue weighted by Crippen LogP contribution is -2.30. The maximum absolute atomic E-state index is 12.6. The van der Waals surface area contributed by atoms with Crippen LogP contribution in [0.1, 0.15) is 36.8 Å². The van der Waals surface area contributed by atoms with Crippen molar-refractivity contribution < 1.29 is 13.2 Å². The molecule has 3 rings (SSSR count). The Labute approximate surface area is 182 Å². The van der Waals surface area contributed by atoms with Gasteiger partial charge in [0.05, 0.1) is 10.6 Å². The zero-order valence-electron chi connectivity index (χ0n) is 17.3. The highest BCUT2D eigenvalue weighted by Gasteiger charge is 2.17. The molecular formula is C22H27N3O3S2. The molecule has 2 aromatic carbocycles. The fraction of sp³-hybridized carbons (Fsp3) is 0.364. The molecule has 160 valence electrons. The summed E-state index contributed by atoms with van der Waals surface area (Å²) in [4.78, 5) is 17.8. The van der Waals surface area contributed by atoms with E-state index in [9.17, 15) is 13.2 Å². The molecule has 0 atom stereocenters. The number of nitrogens with zero attached hydrogens (tertiary/aromatic N) is 1. The molecule has 0 aliphatic carbocycles. The van der Waals surface area contributed by atoms with Gasteiger partial charge in [-0.1, -0.05) is 24.1 Å². The molecule has 1 aliphatic rings. The van der Waals surface area contributed by atoms with Crippen molar-refractivity contribution in [3.05, 3.63) is 53.6 Å². The molecule has 30 heavy (non-hydrogen) atoms. The van der Waals surface area contributed by atoms with Crippen LogP contribution in [0.4, 0.5) is 5.69 Å². The van der Waals surface area contributed by atoms with Crippen molar-refractivity contribution in [2.24, 2.45) is 4.99 Å². The third kappa shape index (κ3) is 6.34. The van der Waals surface area contributed by atoms with Gasteiger partial charge in [0.2, 0.25) is 5.91 Å². The molecule has 1 heterocycles. The van der Waals surface area contributed by atoms with Crippen molar-refractivity contribution in [2.45, 2.75) is 49.3 Å². The van der Waals surface area contributed by atoms with Crippen molar-refractivity contribution in [3.63, 3.8) is 0 Å². The Morgan fingerprint density at radius 3 is 2.60 bits per heavy atom. The van der Waals surface area contributed by atoms with E-state index in [1.54, 1.807) is 12.1 Å². The number of amidine groups is 1. The Morgan fingerprint density at radius 1 is 1.07 bits per heavy atom. The molecule has 1 amide bonds. The highest BCUT2D eigenvalue weighted by atomic mass is 32.2. The normalized spacial score (nSPS) is 14.5. The Hall–Kier alpha value is -2.32. The highest BCUT2D eigenvalue weighted by Crippen LogP contribution is 2.24. The summed E-state index contributed by atoms with van der Waals surface area (Å²) in [5, 5.41) is 2.82. The fourth-order valence-corrected chi connectivity index (χ4v) is 5.10. The van der Waals surface area contributed by atoms with Gasteiger partial charge < -0.3 is 5.32 Å². The smallest absolute Gasteiger partial charge is 0.262 e. The van der Waals surface area contributed by atoms with Crippen molar-refractivity contribution in [3.8, 4) is 0 Å². The molecule has 0 saturated carbocycles. The Morgan fingerprint density at radius 2 is 1.83 bits per heavy atom. The lowest BCUT2D eigenvalue weighted by molar-refractivity contribution is -0.113. The summed E-state index contributed by atoms with van der Waals surface area (Å²) in [6.45, 7) is 4.70. The van der Waals surface area contributed by atoms with E-state index >= 15 is 0 Å². The van der Waals surface area contributed by atoms with E-state index in [4.69, 9.17) is 0 Å². The molecule has 2 N–H and O–H groups in total. The lowest BCUT2D eigenvalue weighted by Gasteiger charge is -2.11. The van der Waals surface area contributed by atoms with Crippen LogP contribution in [0.5, 0.6) is 0 Å². The summed E-state index contributed by atoms with van der Waals surface area (Å²) < 4.78 is 27.8. The van der Waals surface area contributed by atoms with Crippen molar-refractivity contribution in [1.29, 1.82) is 0 Å². The molecule has 0 radical (unpaired) electrons. The van der Waals surface area contributed by atoms with Crippen molar-refractivity contribution in [2.75, 3.05) is 17.6 Å². The third-order valence-corrected chi connectivity index (χ3v) is 7.33. The first-order valence-electron chi connectivity index (χ1n) is 9.99. The standard InChI is InChI=1S/C22H27N3O3S2/c1-16-7-8-17(2)20(14-16)29-15-22(26)24-18-9-11-19(12-10-18)30(27,28)25-21-6-4-3-5-13-23-21/h7-12,14H,3-6,13,15H2,1-2H3,(H,23,25)(H,24,26). The van der Waals surface area contributed by atoms with Gasteiger partial charge in [-0.2, -0.15) is 0 Å². The number of aryl methyl sites for hydroxylation is 2. The van der Waals surface area contributed by atoms with Gasteiger partial charge in [-0.05, 0) is 62.6 Å². The van der Waals surface area contributed by atoms with Gasteiger partial charge in [-0.25, -0.2) is 8.42 Å². The Kier molecular flexibility index (Phi) is 7.55. The second-order valence-corrected chi connectivity index (χ2v) is 10.1. The minimum Gasteiger partial charge on any atom is -0.325 e. The van der Waals surface area contributed by atoms with Gasteiger partial charge in [0.1, 0.15) is 5.84 Å². The van der Waals surface area contributed by atoms with E-state index in [1.807, 2.05) is 26.0 Å². The van der Waals surface area contributed by atoms with E-state index in [2.05, 4.69) is 21.1 Å². The van der Waals surface area contributed by atoms with E-state index in [0.717, 1.165) is 35.3 Å². The predicted molar refractivity (Wildman–Crippen MR) is 123 cm³/mol. The number of amides is 1. The van der Waals surface area contributed by atoms with Crippen LogP contribution in [0.15, 0.2) is 57.2 Å². The van der Waals surface area contributed by atoms with Gasteiger partial charge in [-0.15, -0.1) is 11.8 Å².